The van der Waals surface area contributed by atoms with Gasteiger partial charge in [-0.25, -0.2) is 9.78 Å². The Kier molecular flexibility index (Phi) is 9.81. The molecule has 2 atom stereocenters. The zero-order valence-corrected chi connectivity index (χ0v) is 33.0. The van der Waals surface area contributed by atoms with Gasteiger partial charge in [0.05, 0.1) is 23.4 Å². The Labute approximate surface area is 339 Å². The number of benzene rings is 2. The summed E-state index contributed by atoms with van der Waals surface area (Å²) in [6, 6.07) is 13.8. The molecular weight excluding hydrogens is 762 g/mol. The van der Waals surface area contributed by atoms with Crippen molar-refractivity contribution < 1.29 is 27.6 Å². The second-order valence-corrected chi connectivity index (χ2v) is 17.1. The molecule has 308 valence electrons. The molecule has 4 amide bonds. The lowest BCUT2D eigenvalue weighted by atomic mass is 9.85. The SMILES string of the molecule is CC(C)(N)c1cc2nn(C3CCC(CN4C5CCC4CN(c4cccc6c(N7CCC(=O)NC7=O)cncc46)C5)CC3)cc2cc1NC(=O)c1cccc(C(F)(F)F)n1. The van der Waals surface area contributed by atoms with Gasteiger partial charge >= 0.3 is 12.2 Å². The van der Waals surface area contributed by atoms with Crippen LogP contribution in [0.5, 0.6) is 0 Å². The van der Waals surface area contributed by atoms with Gasteiger partial charge in [-0.3, -0.25) is 34.4 Å². The highest BCUT2D eigenvalue weighted by molar-refractivity contribution is 6.11. The van der Waals surface area contributed by atoms with Crippen molar-refractivity contribution in [2.75, 3.05) is 41.3 Å². The first-order valence-corrected chi connectivity index (χ1v) is 20.4. The Hall–Kier alpha value is -5.61. The first kappa shape index (κ1) is 38.9. The number of fused-ring (bicyclic) bond motifs is 4. The van der Waals surface area contributed by atoms with E-state index in [0.29, 0.717) is 41.5 Å². The molecule has 1 saturated carbocycles. The summed E-state index contributed by atoms with van der Waals surface area (Å²) in [5, 5.41) is 12.9. The predicted octanol–water partition coefficient (Wildman–Crippen LogP) is 6.98. The Morgan fingerprint density at radius 2 is 1.64 bits per heavy atom. The first-order chi connectivity index (χ1) is 28.2. The number of carbonyl (C=O) groups excluding carboxylic acids is 3. The maximum absolute atomic E-state index is 13.3. The lowest BCUT2D eigenvalue weighted by Gasteiger charge is -2.44. The van der Waals surface area contributed by atoms with E-state index in [9.17, 15) is 27.6 Å². The third kappa shape index (κ3) is 7.59. The van der Waals surface area contributed by atoms with Crippen LogP contribution in [0.25, 0.3) is 21.7 Å². The summed E-state index contributed by atoms with van der Waals surface area (Å²) in [6.45, 7) is 6.85. The van der Waals surface area contributed by atoms with Crippen LogP contribution in [0.15, 0.2) is 67.1 Å². The number of carbonyl (C=O) groups is 3. The van der Waals surface area contributed by atoms with Crippen molar-refractivity contribution in [3.05, 3.63) is 84.1 Å². The van der Waals surface area contributed by atoms with Gasteiger partial charge in [-0.15, -0.1) is 0 Å². The largest absolute Gasteiger partial charge is 0.433 e. The van der Waals surface area contributed by atoms with Crippen LogP contribution in [0.4, 0.5) is 35.0 Å². The van der Waals surface area contributed by atoms with Crippen LogP contribution in [-0.4, -0.2) is 80.8 Å². The van der Waals surface area contributed by atoms with Crippen LogP contribution in [0.1, 0.15) is 86.6 Å². The summed E-state index contributed by atoms with van der Waals surface area (Å²) < 4.78 is 41.9. The molecule has 3 saturated heterocycles. The molecule has 4 fully saturated rings. The second kappa shape index (κ2) is 14.9. The molecule has 13 nitrogen and oxygen atoms in total. The summed E-state index contributed by atoms with van der Waals surface area (Å²) in [5.74, 6) is -0.443. The third-order valence-electron chi connectivity index (χ3n) is 12.6. The zero-order chi connectivity index (χ0) is 41.2. The Bertz CT molecular complexity index is 2440. The monoisotopic (exact) mass is 808 g/mol. The molecule has 2 aromatic carbocycles. The number of amides is 4. The summed E-state index contributed by atoms with van der Waals surface area (Å²) >= 11 is 0. The van der Waals surface area contributed by atoms with Gasteiger partial charge < -0.3 is 16.0 Å². The minimum atomic E-state index is -4.67. The number of urea groups is 1. The second-order valence-electron chi connectivity index (χ2n) is 17.1. The molecular formula is C43H47F3N10O3. The number of nitrogens with zero attached hydrogens (tertiary/aromatic N) is 7. The van der Waals surface area contributed by atoms with Crippen LogP contribution in [-0.2, 0) is 16.5 Å². The molecule has 0 radical (unpaired) electrons. The summed E-state index contributed by atoms with van der Waals surface area (Å²) in [7, 11) is 0. The molecule has 59 heavy (non-hydrogen) atoms. The maximum atomic E-state index is 13.3. The fourth-order valence-electron chi connectivity index (χ4n) is 9.64. The van der Waals surface area contributed by atoms with Crippen LogP contribution in [0, 0.1) is 5.92 Å². The van der Waals surface area contributed by atoms with Gasteiger partial charge in [0.2, 0.25) is 5.91 Å². The number of imide groups is 1. The molecule has 2 bridgehead atoms. The number of nitrogens with two attached hydrogens (primary N) is 1. The standard InChI is InChI=1S/C43H47F3N10O3/c1-42(2,47)32-18-34-26(17-35(32)50-40(58)33-6-4-8-38(49-33)43(44,45)46)22-56(52-34)27-11-9-25(10-12-27)21-55-28-13-14-29(55)24-53(23-28)36-7-3-5-30-31(36)19-48-20-37(30)54-16-15-39(57)51-41(54)59/h3-8,17-20,22,25,27-29H,9-16,21,23-24,47H2,1-2H3,(H,50,58)(H,51,57,59). The van der Waals surface area contributed by atoms with E-state index in [-0.39, 0.29) is 24.1 Å². The molecule has 3 aromatic heterocycles. The van der Waals surface area contributed by atoms with Gasteiger partial charge in [0.25, 0.3) is 5.91 Å². The zero-order valence-electron chi connectivity index (χ0n) is 33.0. The number of aromatic nitrogens is 4. The highest BCUT2D eigenvalue weighted by Crippen LogP contribution is 2.41. The molecule has 1 aliphatic carbocycles. The van der Waals surface area contributed by atoms with E-state index in [1.807, 2.05) is 35.3 Å². The van der Waals surface area contributed by atoms with E-state index in [1.165, 1.54) is 12.1 Å². The van der Waals surface area contributed by atoms with Crippen molar-refractivity contribution in [2.24, 2.45) is 11.7 Å². The highest BCUT2D eigenvalue weighted by atomic mass is 19.4. The summed E-state index contributed by atoms with van der Waals surface area (Å²) in [5.41, 5.74) is 7.75. The van der Waals surface area contributed by atoms with Crippen molar-refractivity contribution in [1.29, 1.82) is 0 Å². The molecule has 5 aromatic rings. The number of hydrogen-bond acceptors (Lipinski definition) is 9. The number of pyridine rings is 2. The number of rotatable bonds is 8. The Morgan fingerprint density at radius 1 is 0.915 bits per heavy atom. The lowest BCUT2D eigenvalue weighted by Crippen LogP contribution is -2.55. The molecule has 3 aliphatic heterocycles. The van der Waals surface area contributed by atoms with Gasteiger partial charge in [-0.05, 0) is 94.2 Å². The van der Waals surface area contributed by atoms with Crippen molar-refractivity contribution in [3.63, 3.8) is 0 Å². The normalized spacial score (nSPS) is 22.9. The van der Waals surface area contributed by atoms with E-state index >= 15 is 0 Å². The van der Waals surface area contributed by atoms with Crippen molar-refractivity contribution in [2.45, 2.75) is 88.6 Å². The van der Waals surface area contributed by atoms with Gasteiger partial charge in [0.1, 0.15) is 11.4 Å². The Balaban J connectivity index is 0.853. The van der Waals surface area contributed by atoms with Crippen LogP contribution in [0.2, 0.25) is 0 Å². The molecule has 4 N–H and O–H groups in total. The summed E-state index contributed by atoms with van der Waals surface area (Å²) in [4.78, 5) is 52.6. The third-order valence-corrected chi connectivity index (χ3v) is 12.6. The van der Waals surface area contributed by atoms with Gasteiger partial charge in [0.15, 0.2) is 0 Å². The minimum absolute atomic E-state index is 0.218. The number of hydrogen-bond donors (Lipinski definition) is 3. The molecule has 6 heterocycles. The van der Waals surface area contributed by atoms with Crippen LogP contribution < -0.4 is 26.2 Å². The van der Waals surface area contributed by atoms with E-state index in [1.54, 1.807) is 31.0 Å². The van der Waals surface area contributed by atoms with Gasteiger partial charge in [0, 0.05) is 90.1 Å². The van der Waals surface area contributed by atoms with Crippen molar-refractivity contribution in [3.8, 4) is 0 Å². The molecule has 4 aliphatic rings. The molecule has 9 rings (SSSR count). The summed E-state index contributed by atoms with van der Waals surface area (Å²) in [6.07, 6.45) is 7.62. The topological polar surface area (TPSA) is 155 Å². The lowest BCUT2D eigenvalue weighted by molar-refractivity contribution is -0.141. The number of alkyl halides is 3. The maximum Gasteiger partial charge on any atom is 0.433 e. The number of anilines is 3. The predicted molar refractivity (Wildman–Crippen MR) is 218 cm³/mol. The smallest absolute Gasteiger partial charge is 0.368 e. The minimum Gasteiger partial charge on any atom is -0.368 e. The average Bonchev–Trinajstić information content (AvgIpc) is 3.71. The van der Waals surface area contributed by atoms with E-state index < -0.39 is 29.3 Å². The van der Waals surface area contributed by atoms with E-state index in [0.717, 1.165) is 91.6 Å². The molecule has 0 spiro atoms. The Morgan fingerprint density at radius 3 is 2.36 bits per heavy atom. The van der Waals surface area contributed by atoms with Gasteiger partial charge in [-0.2, -0.15) is 18.3 Å². The van der Waals surface area contributed by atoms with Crippen LogP contribution >= 0.6 is 0 Å². The van der Waals surface area contributed by atoms with E-state index in [4.69, 9.17) is 10.8 Å². The highest BCUT2D eigenvalue weighted by Gasteiger charge is 2.42. The number of piperazine rings is 1. The fourth-order valence-corrected chi connectivity index (χ4v) is 9.64. The number of halogens is 3. The first-order valence-electron chi connectivity index (χ1n) is 20.4. The quantitative estimate of drug-likeness (QED) is 0.151. The van der Waals surface area contributed by atoms with Gasteiger partial charge in [-0.1, -0.05) is 18.2 Å². The van der Waals surface area contributed by atoms with E-state index in [2.05, 4.69) is 36.5 Å². The van der Waals surface area contributed by atoms with Crippen LogP contribution in [0.3, 0.4) is 0 Å². The molecule has 16 heteroatoms. The van der Waals surface area contributed by atoms with Crippen molar-refractivity contribution >= 4 is 56.6 Å². The average molecular weight is 809 g/mol. The molecule has 2 unspecified atom stereocenters. The number of nitrogens with one attached hydrogen (secondary N) is 2. The van der Waals surface area contributed by atoms with Crippen molar-refractivity contribution in [1.82, 2.24) is 30.0 Å². The fraction of sp³-hybridized carbons (Fsp3) is 0.442.